The van der Waals surface area contributed by atoms with E-state index in [9.17, 15) is 14.3 Å². The minimum atomic E-state index is -1.61. The fourth-order valence-corrected chi connectivity index (χ4v) is 3.06. The number of anilines is 3. The first-order valence-electron chi connectivity index (χ1n) is 10.6. The summed E-state index contributed by atoms with van der Waals surface area (Å²) in [4.78, 5) is 21.5. The van der Waals surface area contributed by atoms with E-state index >= 15 is 0 Å². The quantitative estimate of drug-likeness (QED) is 0.410. The molecule has 2 aromatic heterocycles. The van der Waals surface area contributed by atoms with Crippen LogP contribution in [0.3, 0.4) is 0 Å². The average Bonchev–Trinajstić information content (AvgIpc) is 2.76. The van der Waals surface area contributed by atoms with E-state index in [1.807, 2.05) is 19.9 Å². The van der Waals surface area contributed by atoms with Gasteiger partial charge < -0.3 is 21.1 Å². The monoisotopic (exact) mass is 450 g/mol. The van der Waals surface area contributed by atoms with E-state index in [1.54, 1.807) is 30.3 Å². The van der Waals surface area contributed by atoms with Crippen molar-refractivity contribution in [2.45, 2.75) is 45.5 Å². The van der Waals surface area contributed by atoms with Crippen molar-refractivity contribution in [3.63, 3.8) is 0 Å². The van der Waals surface area contributed by atoms with Crippen LogP contribution in [0.1, 0.15) is 43.6 Å². The zero-order valence-corrected chi connectivity index (χ0v) is 19.0. The third-order valence-electron chi connectivity index (χ3n) is 4.88. The molecule has 2 heterocycles. The Balaban J connectivity index is 1.82. The van der Waals surface area contributed by atoms with Crippen LogP contribution < -0.4 is 16.0 Å². The van der Waals surface area contributed by atoms with Crippen LogP contribution in [0.15, 0.2) is 42.6 Å². The summed E-state index contributed by atoms with van der Waals surface area (Å²) in [6.45, 7) is 6.24. The lowest BCUT2D eigenvalue weighted by Crippen LogP contribution is -2.42. The molecule has 172 valence electrons. The van der Waals surface area contributed by atoms with Crippen molar-refractivity contribution in [2.75, 3.05) is 17.2 Å². The molecule has 4 N–H and O–H groups in total. The molecule has 0 bridgehead atoms. The number of carbonyl (C=O) groups is 1. The molecule has 3 rings (SSSR count). The molecule has 1 aromatic carbocycles. The number of alkyl halides is 1. The number of nitrogens with zero attached hydrogens (tertiary/aromatic N) is 3. The van der Waals surface area contributed by atoms with Crippen molar-refractivity contribution < 1.29 is 14.3 Å². The molecule has 1 amide bonds. The summed E-state index contributed by atoms with van der Waals surface area (Å²) in [6.07, 6.45) is -0.208. The van der Waals surface area contributed by atoms with Crippen LogP contribution in [0, 0.1) is 11.3 Å². The standard InChI is InChI=1S/C24H27FN6O2/c1-14(2)29-19-10-22(27-12-17(19)23(32)28-13-20(25)24(3,4)33)31-21-8-6-16-9-15(11-26)5-7-18(16)30-21/h5-10,12,14,20,33H,13H2,1-4H3,(H,28,32)(H2,27,29,30,31). The van der Waals surface area contributed by atoms with Gasteiger partial charge in [-0.15, -0.1) is 0 Å². The van der Waals surface area contributed by atoms with Gasteiger partial charge in [-0.3, -0.25) is 4.79 Å². The van der Waals surface area contributed by atoms with Crippen molar-refractivity contribution in [1.82, 2.24) is 15.3 Å². The normalized spacial score (nSPS) is 12.3. The van der Waals surface area contributed by atoms with E-state index in [2.05, 4.69) is 32.0 Å². The number of aliphatic hydroxyl groups is 1. The van der Waals surface area contributed by atoms with Gasteiger partial charge in [-0.1, -0.05) is 0 Å². The number of benzene rings is 1. The molecule has 9 heteroatoms. The van der Waals surface area contributed by atoms with E-state index in [1.165, 1.54) is 20.0 Å². The lowest BCUT2D eigenvalue weighted by atomic mass is 10.0. The Kier molecular flexibility index (Phi) is 7.09. The summed E-state index contributed by atoms with van der Waals surface area (Å²) >= 11 is 0. The van der Waals surface area contributed by atoms with Gasteiger partial charge in [-0.25, -0.2) is 14.4 Å². The fourth-order valence-electron chi connectivity index (χ4n) is 3.06. The SMILES string of the molecule is CC(C)Nc1cc(Nc2ccc3cc(C#N)ccc3n2)ncc1C(=O)NCC(F)C(C)(C)O. The number of amides is 1. The molecule has 0 aliphatic heterocycles. The lowest BCUT2D eigenvalue weighted by molar-refractivity contribution is -0.00177. The number of fused-ring (bicyclic) bond motifs is 1. The van der Waals surface area contributed by atoms with Gasteiger partial charge in [0.05, 0.1) is 40.5 Å². The molecule has 1 unspecified atom stereocenters. The zero-order valence-electron chi connectivity index (χ0n) is 19.0. The first-order valence-corrected chi connectivity index (χ1v) is 10.6. The molecule has 0 spiro atoms. The van der Waals surface area contributed by atoms with Crippen molar-refractivity contribution in [1.29, 1.82) is 5.26 Å². The lowest BCUT2D eigenvalue weighted by Gasteiger charge is -2.23. The smallest absolute Gasteiger partial charge is 0.255 e. The Labute approximate surface area is 191 Å². The predicted molar refractivity (Wildman–Crippen MR) is 126 cm³/mol. The van der Waals surface area contributed by atoms with Crippen LogP contribution in [-0.4, -0.2) is 45.3 Å². The van der Waals surface area contributed by atoms with Gasteiger partial charge in [0.1, 0.15) is 17.8 Å². The van der Waals surface area contributed by atoms with Crippen molar-refractivity contribution in [2.24, 2.45) is 0 Å². The molecule has 0 radical (unpaired) electrons. The number of pyridine rings is 2. The Morgan fingerprint density at radius 1 is 1.21 bits per heavy atom. The molecular weight excluding hydrogens is 423 g/mol. The molecule has 0 fully saturated rings. The third kappa shape index (κ3) is 6.14. The summed E-state index contributed by atoms with van der Waals surface area (Å²) in [6, 6.07) is 12.7. The average molecular weight is 451 g/mol. The highest BCUT2D eigenvalue weighted by molar-refractivity contribution is 6.00. The second kappa shape index (κ2) is 9.79. The molecule has 8 nitrogen and oxygen atoms in total. The van der Waals surface area contributed by atoms with Crippen LogP contribution in [-0.2, 0) is 0 Å². The number of hydrogen-bond acceptors (Lipinski definition) is 7. The number of aromatic nitrogens is 2. The zero-order chi connectivity index (χ0) is 24.2. The minimum absolute atomic E-state index is 0.0326. The summed E-state index contributed by atoms with van der Waals surface area (Å²) < 4.78 is 14.0. The Morgan fingerprint density at radius 3 is 2.64 bits per heavy atom. The summed E-state index contributed by atoms with van der Waals surface area (Å²) in [5, 5.41) is 28.5. The van der Waals surface area contributed by atoms with Crippen LogP contribution in [0.2, 0.25) is 0 Å². The van der Waals surface area contributed by atoms with Crippen LogP contribution in [0.4, 0.5) is 21.7 Å². The van der Waals surface area contributed by atoms with Gasteiger partial charge in [-0.05, 0) is 58.0 Å². The number of carbonyl (C=O) groups excluding carboxylic acids is 1. The molecule has 1 atom stereocenters. The maximum Gasteiger partial charge on any atom is 0.255 e. The fraction of sp³-hybridized carbons (Fsp3) is 0.333. The highest BCUT2D eigenvalue weighted by atomic mass is 19.1. The Hall–Kier alpha value is -3.77. The second-order valence-electron chi connectivity index (χ2n) is 8.59. The number of rotatable bonds is 8. The van der Waals surface area contributed by atoms with Crippen molar-refractivity contribution in [3.8, 4) is 6.07 Å². The van der Waals surface area contributed by atoms with Gasteiger partial charge in [0.15, 0.2) is 0 Å². The highest BCUT2D eigenvalue weighted by Gasteiger charge is 2.27. The number of hydrogen-bond donors (Lipinski definition) is 4. The minimum Gasteiger partial charge on any atom is -0.387 e. The van der Waals surface area contributed by atoms with Crippen LogP contribution in [0.25, 0.3) is 10.9 Å². The maximum absolute atomic E-state index is 14.0. The number of halogens is 1. The number of nitriles is 1. The topological polar surface area (TPSA) is 123 Å². The van der Waals surface area contributed by atoms with E-state index in [0.717, 1.165) is 10.9 Å². The highest BCUT2D eigenvalue weighted by Crippen LogP contribution is 2.24. The first kappa shape index (κ1) is 23.9. The molecule has 3 aromatic rings. The van der Waals surface area contributed by atoms with E-state index in [-0.39, 0.29) is 18.2 Å². The maximum atomic E-state index is 14.0. The Bertz CT molecular complexity index is 1200. The molecule has 0 saturated carbocycles. The van der Waals surface area contributed by atoms with Crippen LogP contribution >= 0.6 is 0 Å². The van der Waals surface area contributed by atoms with E-state index in [0.29, 0.717) is 22.9 Å². The summed E-state index contributed by atoms with van der Waals surface area (Å²) in [5.74, 6) is 0.522. The molecular formula is C24H27FN6O2. The molecule has 0 saturated heterocycles. The Morgan fingerprint density at radius 2 is 1.97 bits per heavy atom. The van der Waals surface area contributed by atoms with Gasteiger partial charge in [0.25, 0.3) is 5.91 Å². The molecule has 33 heavy (non-hydrogen) atoms. The summed E-state index contributed by atoms with van der Waals surface area (Å²) in [5.41, 5.74) is 0.516. The van der Waals surface area contributed by atoms with Crippen molar-refractivity contribution >= 4 is 34.1 Å². The largest absolute Gasteiger partial charge is 0.387 e. The third-order valence-corrected chi connectivity index (χ3v) is 4.88. The van der Waals surface area contributed by atoms with Gasteiger partial charge in [0.2, 0.25) is 0 Å². The second-order valence-corrected chi connectivity index (χ2v) is 8.59. The number of nitrogens with one attached hydrogen (secondary N) is 3. The van der Waals surface area contributed by atoms with E-state index in [4.69, 9.17) is 5.26 Å². The molecule has 0 aliphatic rings. The summed E-state index contributed by atoms with van der Waals surface area (Å²) in [7, 11) is 0. The predicted octanol–water partition coefficient (Wildman–Crippen LogP) is 3.90. The van der Waals surface area contributed by atoms with Gasteiger partial charge in [0, 0.05) is 23.7 Å². The van der Waals surface area contributed by atoms with Crippen molar-refractivity contribution in [3.05, 3.63) is 53.7 Å². The molecule has 0 aliphatic carbocycles. The first-order chi connectivity index (χ1) is 15.6. The van der Waals surface area contributed by atoms with Gasteiger partial charge >= 0.3 is 0 Å². The van der Waals surface area contributed by atoms with Crippen LogP contribution in [0.5, 0.6) is 0 Å². The van der Waals surface area contributed by atoms with Gasteiger partial charge in [-0.2, -0.15) is 5.26 Å². The van der Waals surface area contributed by atoms with E-state index < -0.39 is 17.7 Å².